The summed E-state index contributed by atoms with van der Waals surface area (Å²) in [6.07, 6.45) is 0. The number of carbonyl (C=O) groups excluding carboxylic acids is 1. The van der Waals surface area contributed by atoms with Crippen molar-refractivity contribution in [3.8, 4) is 11.5 Å². The van der Waals surface area contributed by atoms with E-state index in [0.717, 1.165) is 0 Å². The normalized spacial score (nSPS) is 11.2. The van der Waals surface area contributed by atoms with Crippen molar-refractivity contribution in [2.45, 2.75) is 19.4 Å². The fourth-order valence-corrected chi connectivity index (χ4v) is 1.07. The van der Waals surface area contributed by atoms with Gasteiger partial charge < -0.3 is 21.3 Å². The molecule has 0 saturated heterocycles. The van der Waals surface area contributed by atoms with Crippen LogP contribution in [-0.2, 0) is 0 Å². The monoisotopic (exact) mass is 224 g/mol. The van der Waals surface area contributed by atoms with Gasteiger partial charge in [0.1, 0.15) is 0 Å². The summed E-state index contributed by atoms with van der Waals surface area (Å²) in [4.78, 5) is 11.6. The number of benzene rings is 1. The minimum Gasteiger partial charge on any atom is -0.504 e. The Morgan fingerprint density at radius 2 is 2.00 bits per heavy atom. The van der Waals surface area contributed by atoms with Gasteiger partial charge in [-0.1, -0.05) is 0 Å². The van der Waals surface area contributed by atoms with Gasteiger partial charge in [0, 0.05) is 17.6 Å². The lowest BCUT2D eigenvalue weighted by atomic mass is 10.1. The van der Waals surface area contributed by atoms with Gasteiger partial charge in [-0.2, -0.15) is 0 Å². The molecule has 0 fully saturated rings. The van der Waals surface area contributed by atoms with Gasteiger partial charge in [0.25, 0.3) is 5.91 Å². The Kier molecular flexibility index (Phi) is 3.39. The number of phenolic OH excluding ortho intramolecular Hbond substituents is 2. The molecule has 0 radical (unpaired) electrons. The van der Waals surface area contributed by atoms with Gasteiger partial charge in [0.15, 0.2) is 11.5 Å². The molecule has 5 N–H and O–H groups in total. The second kappa shape index (κ2) is 4.40. The van der Waals surface area contributed by atoms with Crippen LogP contribution in [0.25, 0.3) is 0 Å². The van der Waals surface area contributed by atoms with E-state index in [2.05, 4.69) is 5.32 Å². The van der Waals surface area contributed by atoms with Gasteiger partial charge in [-0.25, -0.2) is 0 Å². The largest absolute Gasteiger partial charge is 0.504 e. The van der Waals surface area contributed by atoms with Crippen molar-refractivity contribution in [3.63, 3.8) is 0 Å². The molecule has 0 spiro atoms. The van der Waals surface area contributed by atoms with Crippen LogP contribution < -0.4 is 11.1 Å². The summed E-state index contributed by atoms with van der Waals surface area (Å²) in [5.41, 5.74) is 5.50. The van der Waals surface area contributed by atoms with Gasteiger partial charge in [-0.05, 0) is 32.0 Å². The van der Waals surface area contributed by atoms with E-state index < -0.39 is 5.54 Å². The molecule has 1 rings (SSSR count). The van der Waals surface area contributed by atoms with E-state index in [4.69, 9.17) is 10.8 Å². The summed E-state index contributed by atoms with van der Waals surface area (Å²) in [5.74, 6) is -0.913. The number of nitrogens with two attached hydrogens (primary N) is 1. The van der Waals surface area contributed by atoms with Gasteiger partial charge in [0.2, 0.25) is 0 Å². The molecule has 0 aliphatic carbocycles. The first-order valence-electron chi connectivity index (χ1n) is 4.89. The number of nitrogens with one attached hydrogen (secondary N) is 1. The Labute approximate surface area is 93.9 Å². The van der Waals surface area contributed by atoms with Gasteiger partial charge in [-0.3, -0.25) is 4.79 Å². The average Bonchev–Trinajstić information content (AvgIpc) is 2.17. The van der Waals surface area contributed by atoms with Crippen molar-refractivity contribution in [2.75, 3.05) is 6.54 Å². The van der Waals surface area contributed by atoms with E-state index in [9.17, 15) is 9.90 Å². The SMILES string of the molecule is CC(C)(N)CNC(=O)c1ccc(O)c(O)c1. The number of carbonyl (C=O) groups is 1. The molecule has 0 aliphatic heterocycles. The molecule has 5 nitrogen and oxygen atoms in total. The number of amides is 1. The van der Waals surface area contributed by atoms with Crippen LogP contribution >= 0.6 is 0 Å². The van der Waals surface area contributed by atoms with Crippen LogP contribution in [0.1, 0.15) is 24.2 Å². The predicted molar refractivity (Wildman–Crippen MR) is 60.4 cm³/mol. The molecule has 1 amide bonds. The van der Waals surface area contributed by atoms with Crippen LogP contribution in [0.2, 0.25) is 0 Å². The minimum atomic E-state index is -0.491. The van der Waals surface area contributed by atoms with Crippen molar-refractivity contribution < 1.29 is 15.0 Å². The van der Waals surface area contributed by atoms with Crippen LogP contribution in [0.5, 0.6) is 11.5 Å². The van der Waals surface area contributed by atoms with Crippen LogP contribution in [0, 0.1) is 0 Å². The van der Waals surface area contributed by atoms with Crippen molar-refractivity contribution in [1.82, 2.24) is 5.32 Å². The number of hydrogen-bond donors (Lipinski definition) is 4. The highest BCUT2D eigenvalue weighted by molar-refractivity contribution is 5.94. The van der Waals surface area contributed by atoms with E-state index in [0.29, 0.717) is 6.54 Å². The second-order valence-corrected chi connectivity index (χ2v) is 4.37. The van der Waals surface area contributed by atoms with Crippen molar-refractivity contribution >= 4 is 5.91 Å². The Hall–Kier alpha value is -1.75. The van der Waals surface area contributed by atoms with Crippen LogP contribution in [0.15, 0.2) is 18.2 Å². The van der Waals surface area contributed by atoms with E-state index in [1.165, 1.54) is 18.2 Å². The molecule has 0 saturated carbocycles. The molecule has 0 bridgehead atoms. The van der Waals surface area contributed by atoms with E-state index >= 15 is 0 Å². The summed E-state index contributed by atoms with van der Waals surface area (Å²) >= 11 is 0. The zero-order valence-corrected chi connectivity index (χ0v) is 9.32. The molecule has 0 heterocycles. The molecule has 0 unspecified atom stereocenters. The lowest BCUT2D eigenvalue weighted by Crippen LogP contribution is -2.45. The van der Waals surface area contributed by atoms with Gasteiger partial charge >= 0.3 is 0 Å². The standard InChI is InChI=1S/C11H16N2O3/c1-11(2,12)6-13-10(16)7-3-4-8(14)9(15)5-7/h3-5,14-15H,6,12H2,1-2H3,(H,13,16). The molecule has 0 atom stereocenters. The maximum atomic E-state index is 11.6. The van der Waals surface area contributed by atoms with Crippen LogP contribution in [0.4, 0.5) is 0 Å². The predicted octanol–water partition coefficient (Wildman–Crippen LogP) is 0.565. The third-order valence-corrected chi connectivity index (χ3v) is 1.94. The Bertz CT molecular complexity index is 397. The zero-order chi connectivity index (χ0) is 12.3. The highest BCUT2D eigenvalue weighted by atomic mass is 16.3. The molecular formula is C11H16N2O3. The lowest BCUT2D eigenvalue weighted by molar-refractivity contribution is 0.0945. The Balaban J connectivity index is 2.70. The molecular weight excluding hydrogens is 208 g/mol. The molecule has 1 aromatic rings. The first-order chi connectivity index (χ1) is 7.29. The number of phenols is 2. The first-order valence-corrected chi connectivity index (χ1v) is 4.89. The molecule has 1 aromatic carbocycles. The molecule has 0 aromatic heterocycles. The summed E-state index contributed by atoms with van der Waals surface area (Å²) in [6.45, 7) is 3.91. The smallest absolute Gasteiger partial charge is 0.251 e. The van der Waals surface area contributed by atoms with Crippen molar-refractivity contribution in [2.24, 2.45) is 5.73 Å². The van der Waals surface area contributed by atoms with E-state index in [1.54, 1.807) is 13.8 Å². The maximum absolute atomic E-state index is 11.6. The molecule has 88 valence electrons. The fourth-order valence-electron chi connectivity index (χ4n) is 1.07. The first kappa shape index (κ1) is 12.3. The van der Waals surface area contributed by atoms with Crippen molar-refractivity contribution in [3.05, 3.63) is 23.8 Å². The topological polar surface area (TPSA) is 95.6 Å². The van der Waals surface area contributed by atoms with Crippen LogP contribution in [-0.4, -0.2) is 28.2 Å². The number of hydrogen-bond acceptors (Lipinski definition) is 4. The molecule has 0 aliphatic rings. The fraction of sp³-hybridized carbons (Fsp3) is 0.364. The number of rotatable bonds is 3. The Morgan fingerprint density at radius 1 is 1.38 bits per heavy atom. The lowest BCUT2D eigenvalue weighted by Gasteiger charge is -2.18. The molecule has 16 heavy (non-hydrogen) atoms. The maximum Gasteiger partial charge on any atom is 0.251 e. The van der Waals surface area contributed by atoms with E-state index in [1.807, 2.05) is 0 Å². The Morgan fingerprint density at radius 3 is 2.50 bits per heavy atom. The van der Waals surface area contributed by atoms with E-state index in [-0.39, 0.29) is 23.0 Å². The summed E-state index contributed by atoms with van der Waals surface area (Å²) in [7, 11) is 0. The third-order valence-electron chi connectivity index (χ3n) is 1.94. The second-order valence-electron chi connectivity index (χ2n) is 4.37. The van der Waals surface area contributed by atoms with Gasteiger partial charge in [-0.15, -0.1) is 0 Å². The quantitative estimate of drug-likeness (QED) is 0.564. The number of aromatic hydroxyl groups is 2. The average molecular weight is 224 g/mol. The summed E-state index contributed by atoms with van der Waals surface area (Å²) in [5, 5.41) is 20.9. The van der Waals surface area contributed by atoms with Crippen molar-refractivity contribution in [1.29, 1.82) is 0 Å². The van der Waals surface area contributed by atoms with Crippen LogP contribution in [0.3, 0.4) is 0 Å². The molecule has 5 heteroatoms. The highest BCUT2D eigenvalue weighted by Gasteiger charge is 2.14. The minimum absolute atomic E-state index is 0.254. The van der Waals surface area contributed by atoms with Gasteiger partial charge in [0.05, 0.1) is 0 Å². The zero-order valence-electron chi connectivity index (χ0n) is 9.32. The summed E-state index contributed by atoms with van der Waals surface area (Å²) in [6, 6.07) is 3.89. The highest BCUT2D eigenvalue weighted by Crippen LogP contribution is 2.24. The summed E-state index contributed by atoms with van der Waals surface area (Å²) < 4.78 is 0. The third kappa shape index (κ3) is 3.43.